The first-order valence-electron chi connectivity index (χ1n) is 5.58. The van der Waals surface area contributed by atoms with Crippen molar-refractivity contribution in [2.75, 3.05) is 0 Å². The Hall–Kier alpha value is -0.370. The van der Waals surface area contributed by atoms with Crippen molar-refractivity contribution in [3.8, 4) is 0 Å². The molecule has 1 nitrogen and oxygen atoms in total. The summed E-state index contributed by atoms with van der Waals surface area (Å²) in [7, 11) is 0. The molecule has 0 radical (unpaired) electrons. The molecule has 2 N–H and O–H groups in total. The van der Waals surface area contributed by atoms with Gasteiger partial charge in [0.15, 0.2) is 0 Å². The summed E-state index contributed by atoms with van der Waals surface area (Å²) in [6.45, 7) is 1.92. The minimum Gasteiger partial charge on any atom is -0.320 e. The minimum atomic E-state index is -4.37. The lowest BCUT2D eigenvalue weighted by Gasteiger charge is -2.15. The lowest BCUT2D eigenvalue weighted by Crippen LogP contribution is -2.13. The van der Waals surface area contributed by atoms with E-state index in [-0.39, 0.29) is 0 Å². The molecule has 0 fully saturated rings. The number of aryl methyl sites for hydroxylation is 1. The standard InChI is InChI=1S/C13H10Br2F3NS/c1-6-10(15)5-11(20-6)12(19)8-4-7(13(16,17)18)2-3-9(8)14/h2-5,12H,19H2,1H3. The van der Waals surface area contributed by atoms with Crippen molar-refractivity contribution in [1.29, 1.82) is 0 Å². The average Bonchev–Trinajstić information content (AvgIpc) is 2.68. The predicted octanol–water partition coefficient (Wildman–Crippen LogP) is 5.65. The van der Waals surface area contributed by atoms with Crippen LogP contribution in [-0.4, -0.2) is 0 Å². The number of alkyl halides is 3. The zero-order valence-electron chi connectivity index (χ0n) is 10.3. The molecule has 0 spiro atoms. The molecule has 2 aromatic rings. The van der Waals surface area contributed by atoms with Crippen LogP contribution in [0.3, 0.4) is 0 Å². The zero-order valence-corrected chi connectivity index (χ0v) is 14.3. The van der Waals surface area contributed by atoms with Gasteiger partial charge in [-0.1, -0.05) is 15.9 Å². The largest absolute Gasteiger partial charge is 0.416 e. The lowest BCUT2D eigenvalue weighted by molar-refractivity contribution is -0.137. The molecule has 1 unspecified atom stereocenters. The van der Waals surface area contributed by atoms with Crippen molar-refractivity contribution in [2.45, 2.75) is 19.1 Å². The Kier molecular flexibility index (Phi) is 4.63. The van der Waals surface area contributed by atoms with Gasteiger partial charge in [-0.25, -0.2) is 0 Å². The Morgan fingerprint density at radius 3 is 2.30 bits per heavy atom. The van der Waals surface area contributed by atoms with Crippen LogP contribution < -0.4 is 5.73 Å². The highest BCUT2D eigenvalue weighted by Gasteiger charge is 2.31. The summed E-state index contributed by atoms with van der Waals surface area (Å²) in [5, 5.41) is 0. The van der Waals surface area contributed by atoms with E-state index in [4.69, 9.17) is 5.73 Å². The van der Waals surface area contributed by atoms with Crippen LogP contribution in [-0.2, 0) is 6.18 Å². The van der Waals surface area contributed by atoms with Gasteiger partial charge in [-0.05, 0) is 52.7 Å². The van der Waals surface area contributed by atoms with Gasteiger partial charge in [0.05, 0.1) is 11.6 Å². The first kappa shape index (κ1) is 16.0. The van der Waals surface area contributed by atoms with E-state index >= 15 is 0 Å². The molecule has 0 aliphatic heterocycles. The van der Waals surface area contributed by atoms with E-state index in [0.717, 1.165) is 26.4 Å². The van der Waals surface area contributed by atoms with Gasteiger partial charge in [0.1, 0.15) is 0 Å². The topological polar surface area (TPSA) is 26.0 Å². The molecule has 20 heavy (non-hydrogen) atoms. The van der Waals surface area contributed by atoms with Crippen LogP contribution in [0.4, 0.5) is 13.2 Å². The Balaban J connectivity index is 2.46. The Morgan fingerprint density at radius 1 is 1.15 bits per heavy atom. The summed E-state index contributed by atoms with van der Waals surface area (Å²) in [6.07, 6.45) is -4.37. The first-order chi connectivity index (χ1) is 9.20. The number of nitrogens with two attached hydrogens (primary N) is 1. The second-order valence-electron chi connectivity index (χ2n) is 4.26. The van der Waals surface area contributed by atoms with Gasteiger partial charge in [0.25, 0.3) is 0 Å². The molecule has 108 valence electrons. The molecule has 0 aliphatic rings. The van der Waals surface area contributed by atoms with Gasteiger partial charge in [-0.3, -0.25) is 0 Å². The van der Waals surface area contributed by atoms with Crippen molar-refractivity contribution >= 4 is 43.2 Å². The molecular weight excluding hydrogens is 419 g/mol. The van der Waals surface area contributed by atoms with Crippen molar-refractivity contribution in [2.24, 2.45) is 5.73 Å². The van der Waals surface area contributed by atoms with E-state index in [1.807, 2.05) is 13.0 Å². The highest BCUT2D eigenvalue weighted by atomic mass is 79.9. The highest BCUT2D eigenvalue weighted by molar-refractivity contribution is 9.10. The molecule has 1 heterocycles. The first-order valence-corrected chi connectivity index (χ1v) is 7.98. The van der Waals surface area contributed by atoms with E-state index in [1.165, 1.54) is 17.4 Å². The molecule has 1 aromatic carbocycles. The molecule has 0 saturated heterocycles. The van der Waals surface area contributed by atoms with E-state index in [9.17, 15) is 13.2 Å². The highest BCUT2D eigenvalue weighted by Crippen LogP contribution is 2.38. The van der Waals surface area contributed by atoms with Crippen molar-refractivity contribution < 1.29 is 13.2 Å². The lowest BCUT2D eigenvalue weighted by atomic mass is 10.0. The van der Waals surface area contributed by atoms with Gasteiger partial charge in [-0.2, -0.15) is 13.2 Å². The van der Waals surface area contributed by atoms with E-state index < -0.39 is 17.8 Å². The maximum absolute atomic E-state index is 12.8. The average molecular weight is 429 g/mol. The molecule has 1 aromatic heterocycles. The molecule has 0 bridgehead atoms. The maximum atomic E-state index is 12.8. The normalized spacial score (nSPS) is 13.6. The van der Waals surface area contributed by atoms with Crippen LogP contribution in [0, 0.1) is 6.92 Å². The van der Waals surface area contributed by atoms with Gasteiger partial charge in [0, 0.05) is 18.7 Å². The second kappa shape index (κ2) is 5.79. The molecule has 0 aliphatic carbocycles. The molecule has 1 atom stereocenters. The third-order valence-corrected chi connectivity index (χ3v) is 5.78. The van der Waals surface area contributed by atoms with Gasteiger partial charge in [-0.15, -0.1) is 11.3 Å². The van der Waals surface area contributed by atoms with Crippen molar-refractivity contribution in [1.82, 2.24) is 0 Å². The summed E-state index contributed by atoms with van der Waals surface area (Å²) in [5.41, 5.74) is 5.83. The summed E-state index contributed by atoms with van der Waals surface area (Å²) in [4.78, 5) is 1.85. The minimum absolute atomic E-state index is 0.425. The number of hydrogen-bond donors (Lipinski definition) is 1. The Morgan fingerprint density at radius 2 is 1.80 bits per heavy atom. The van der Waals surface area contributed by atoms with Crippen LogP contribution in [0.5, 0.6) is 0 Å². The Labute approximate surface area is 135 Å². The Bertz CT molecular complexity index is 618. The number of benzene rings is 1. The van der Waals surface area contributed by atoms with Gasteiger partial charge >= 0.3 is 6.18 Å². The number of thiophene rings is 1. The third-order valence-electron chi connectivity index (χ3n) is 2.84. The van der Waals surface area contributed by atoms with E-state index in [1.54, 1.807) is 0 Å². The maximum Gasteiger partial charge on any atom is 0.416 e. The fraction of sp³-hybridized carbons (Fsp3) is 0.231. The van der Waals surface area contributed by atoms with Crippen LogP contribution in [0.25, 0.3) is 0 Å². The number of hydrogen-bond acceptors (Lipinski definition) is 2. The van der Waals surface area contributed by atoms with Crippen molar-refractivity contribution in [3.05, 3.63) is 54.1 Å². The van der Waals surface area contributed by atoms with E-state index in [2.05, 4.69) is 31.9 Å². The fourth-order valence-electron chi connectivity index (χ4n) is 1.75. The molecule has 0 saturated carbocycles. The summed E-state index contributed by atoms with van der Waals surface area (Å²) < 4.78 is 39.8. The number of halogens is 5. The van der Waals surface area contributed by atoms with Crippen LogP contribution in [0.1, 0.15) is 26.9 Å². The second-order valence-corrected chi connectivity index (χ2v) is 7.26. The summed E-state index contributed by atoms with van der Waals surface area (Å²) in [6, 6.07) is 4.76. The smallest absolute Gasteiger partial charge is 0.320 e. The molecule has 7 heteroatoms. The van der Waals surface area contributed by atoms with Crippen LogP contribution in [0.2, 0.25) is 0 Å². The van der Waals surface area contributed by atoms with Crippen LogP contribution in [0.15, 0.2) is 33.2 Å². The fourth-order valence-corrected chi connectivity index (χ4v) is 3.82. The molecular formula is C13H10Br2F3NS. The van der Waals surface area contributed by atoms with E-state index in [0.29, 0.717) is 10.0 Å². The van der Waals surface area contributed by atoms with Crippen molar-refractivity contribution in [3.63, 3.8) is 0 Å². The third kappa shape index (κ3) is 3.27. The molecule has 0 amide bonds. The monoisotopic (exact) mass is 427 g/mol. The predicted molar refractivity (Wildman–Crippen MR) is 81.9 cm³/mol. The summed E-state index contributed by atoms with van der Waals surface area (Å²) >= 11 is 8.12. The molecule has 2 rings (SSSR count). The SMILES string of the molecule is Cc1sc(C(N)c2cc(C(F)(F)F)ccc2Br)cc1Br. The zero-order chi connectivity index (χ0) is 15.1. The van der Waals surface area contributed by atoms with Gasteiger partial charge < -0.3 is 5.73 Å². The van der Waals surface area contributed by atoms with Gasteiger partial charge in [0.2, 0.25) is 0 Å². The number of rotatable bonds is 2. The quantitative estimate of drug-likeness (QED) is 0.657. The summed E-state index contributed by atoms with van der Waals surface area (Å²) in [5.74, 6) is 0. The van der Waals surface area contributed by atoms with Crippen LogP contribution >= 0.6 is 43.2 Å².